The fourth-order valence-corrected chi connectivity index (χ4v) is 4.65. The van der Waals surface area contributed by atoms with Crippen LogP contribution in [0.15, 0.2) is 41.3 Å². The van der Waals surface area contributed by atoms with E-state index < -0.39 is 10.0 Å². The summed E-state index contributed by atoms with van der Waals surface area (Å²) < 4.78 is 38.9. The van der Waals surface area contributed by atoms with Crippen LogP contribution in [0.25, 0.3) is 0 Å². The molecule has 26 heavy (non-hydrogen) atoms. The standard InChI is InChI=1S/C18H20N2O4S.ClH/c1-12-8-16-17(24-11-23-16)9-18(12)25(21,22)20-10-15-14-5-3-2-4-13(14)6-7-19-15;/h2-5,8-9,15,19-20H,6-7,10-11H2,1H3;1H. The molecule has 0 saturated carbocycles. The van der Waals surface area contributed by atoms with Gasteiger partial charge in [-0.2, -0.15) is 0 Å². The summed E-state index contributed by atoms with van der Waals surface area (Å²) in [4.78, 5) is 0.223. The van der Waals surface area contributed by atoms with Gasteiger partial charge in [0, 0.05) is 18.7 Å². The first-order valence-electron chi connectivity index (χ1n) is 8.26. The van der Waals surface area contributed by atoms with E-state index in [0.29, 0.717) is 23.6 Å². The maximum Gasteiger partial charge on any atom is 0.241 e. The number of ether oxygens (including phenoxy) is 2. The van der Waals surface area contributed by atoms with Gasteiger partial charge in [0.25, 0.3) is 0 Å². The molecule has 2 aliphatic heterocycles. The van der Waals surface area contributed by atoms with Crippen LogP contribution in [0.2, 0.25) is 0 Å². The predicted octanol–water partition coefficient (Wildman–Crippen LogP) is 2.31. The Bertz CT molecular complexity index is 917. The Morgan fingerprint density at radius 3 is 2.73 bits per heavy atom. The Hall–Kier alpha value is -1.80. The molecular formula is C18H21ClN2O4S. The van der Waals surface area contributed by atoms with Crippen molar-refractivity contribution in [1.82, 2.24) is 10.0 Å². The maximum absolute atomic E-state index is 12.8. The van der Waals surface area contributed by atoms with Crippen molar-refractivity contribution in [2.75, 3.05) is 19.9 Å². The Kier molecular flexibility index (Phi) is 5.43. The minimum atomic E-state index is -3.64. The molecule has 6 nitrogen and oxygen atoms in total. The van der Waals surface area contributed by atoms with Crippen molar-refractivity contribution in [1.29, 1.82) is 0 Å². The molecular weight excluding hydrogens is 376 g/mol. The Balaban J connectivity index is 0.00000196. The minimum absolute atomic E-state index is 0. The maximum atomic E-state index is 12.8. The van der Waals surface area contributed by atoms with Crippen LogP contribution in [0.3, 0.4) is 0 Å². The number of benzene rings is 2. The van der Waals surface area contributed by atoms with E-state index in [4.69, 9.17) is 9.47 Å². The number of fused-ring (bicyclic) bond motifs is 2. The van der Waals surface area contributed by atoms with Gasteiger partial charge >= 0.3 is 0 Å². The number of hydrogen-bond donors (Lipinski definition) is 2. The molecule has 0 bridgehead atoms. The predicted molar refractivity (Wildman–Crippen MR) is 101 cm³/mol. The molecule has 2 aliphatic rings. The average Bonchev–Trinajstić information content (AvgIpc) is 3.06. The SMILES string of the molecule is Cc1cc2c(cc1S(=O)(=O)NCC1NCCc3ccccc31)OCO2.Cl. The molecule has 0 aliphatic carbocycles. The summed E-state index contributed by atoms with van der Waals surface area (Å²) in [6, 6.07) is 11.3. The van der Waals surface area contributed by atoms with E-state index in [2.05, 4.69) is 16.1 Å². The van der Waals surface area contributed by atoms with E-state index in [1.165, 1.54) is 11.6 Å². The first kappa shape index (κ1) is 19.0. The Labute approximate surface area is 159 Å². The van der Waals surface area contributed by atoms with E-state index in [1.54, 1.807) is 13.0 Å². The number of hydrogen-bond acceptors (Lipinski definition) is 5. The summed E-state index contributed by atoms with van der Waals surface area (Å²) in [5, 5.41) is 3.38. The molecule has 2 aromatic carbocycles. The third kappa shape index (κ3) is 3.53. The summed E-state index contributed by atoms with van der Waals surface area (Å²) in [7, 11) is -3.64. The van der Waals surface area contributed by atoms with Crippen molar-refractivity contribution >= 4 is 22.4 Å². The third-order valence-corrected chi connectivity index (χ3v) is 6.22. The highest BCUT2D eigenvalue weighted by Crippen LogP contribution is 2.36. The molecule has 2 aromatic rings. The van der Waals surface area contributed by atoms with Crippen LogP contribution >= 0.6 is 12.4 Å². The molecule has 8 heteroatoms. The molecule has 0 aromatic heterocycles. The summed E-state index contributed by atoms with van der Waals surface area (Å²) >= 11 is 0. The van der Waals surface area contributed by atoms with Crippen molar-refractivity contribution in [3.63, 3.8) is 0 Å². The zero-order valence-electron chi connectivity index (χ0n) is 14.3. The van der Waals surface area contributed by atoms with Gasteiger partial charge in [-0.05, 0) is 42.6 Å². The van der Waals surface area contributed by atoms with E-state index in [-0.39, 0.29) is 30.1 Å². The molecule has 0 amide bonds. The van der Waals surface area contributed by atoms with Gasteiger partial charge in [-0.3, -0.25) is 0 Å². The van der Waals surface area contributed by atoms with E-state index in [1.807, 2.05) is 18.2 Å². The molecule has 140 valence electrons. The molecule has 1 unspecified atom stereocenters. The lowest BCUT2D eigenvalue weighted by atomic mass is 9.95. The normalized spacial score (nSPS) is 18.1. The molecule has 2 heterocycles. The molecule has 1 atom stereocenters. The van der Waals surface area contributed by atoms with Gasteiger partial charge in [0.15, 0.2) is 11.5 Å². The van der Waals surface area contributed by atoms with Gasteiger partial charge in [-0.25, -0.2) is 13.1 Å². The molecule has 0 radical (unpaired) electrons. The van der Waals surface area contributed by atoms with Gasteiger partial charge in [-0.1, -0.05) is 24.3 Å². The van der Waals surface area contributed by atoms with Gasteiger partial charge in [-0.15, -0.1) is 12.4 Å². The van der Waals surface area contributed by atoms with Crippen LogP contribution in [0, 0.1) is 6.92 Å². The molecule has 2 N–H and O–H groups in total. The number of rotatable bonds is 4. The van der Waals surface area contributed by atoms with Crippen LogP contribution in [0.1, 0.15) is 22.7 Å². The summed E-state index contributed by atoms with van der Waals surface area (Å²) in [5.41, 5.74) is 3.05. The van der Waals surface area contributed by atoms with E-state index >= 15 is 0 Å². The largest absolute Gasteiger partial charge is 0.454 e. The van der Waals surface area contributed by atoms with Gasteiger partial charge in [0.05, 0.1) is 4.90 Å². The summed E-state index contributed by atoms with van der Waals surface area (Å²) in [6.07, 6.45) is 0.959. The fraction of sp³-hybridized carbons (Fsp3) is 0.333. The van der Waals surface area contributed by atoms with Crippen LogP contribution in [-0.4, -0.2) is 28.3 Å². The average molecular weight is 397 g/mol. The van der Waals surface area contributed by atoms with Gasteiger partial charge in [0.1, 0.15) is 0 Å². The second-order valence-corrected chi connectivity index (χ2v) is 8.01. The highest BCUT2D eigenvalue weighted by Gasteiger charge is 2.25. The van der Waals surface area contributed by atoms with Crippen molar-refractivity contribution in [3.05, 3.63) is 53.1 Å². The fourth-order valence-electron chi connectivity index (χ4n) is 3.36. The molecule has 4 rings (SSSR count). The topological polar surface area (TPSA) is 76.7 Å². The smallest absolute Gasteiger partial charge is 0.241 e. The minimum Gasteiger partial charge on any atom is -0.454 e. The Morgan fingerprint density at radius 2 is 1.92 bits per heavy atom. The van der Waals surface area contributed by atoms with Crippen molar-refractivity contribution < 1.29 is 17.9 Å². The van der Waals surface area contributed by atoms with Crippen LogP contribution in [0.4, 0.5) is 0 Å². The van der Waals surface area contributed by atoms with Gasteiger partial charge in [0.2, 0.25) is 16.8 Å². The van der Waals surface area contributed by atoms with Gasteiger partial charge < -0.3 is 14.8 Å². The molecule has 0 spiro atoms. The molecule has 0 saturated heterocycles. The van der Waals surface area contributed by atoms with Crippen molar-refractivity contribution in [3.8, 4) is 11.5 Å². The van der Waals surface area contributed by atoms with E-state index in [0.717, 1.165) is 18.5 Å². The second-order valence-electron chi connectivity index (χ2n) is 6.28. The lowest BCUT2D eigenvalue weighted by molar-refractivity contribution is 0.174. The number of sulfonamides is 1. The van der Waals surface area contributed by atoms with Crippen LogP contribution in [-0.2, 0) is 16.4 Å². The Morgan fingerprint density at radius 1 is 1.19 bits per heavy atom. The van der Waals surface area contributed by atoms with Crippen LogP contribution < -0.4 is 19.5 Å². The highest BCUT2D eigenvalue weighted by molar-refractivity contribution is 7.89. The highest BCUT2D eigenvalue weighted by atomic mass is 35.5. The molecule has 0 fully saturated rings. The lowest BCUT2D eigenvalue weighted by Crippen LogP contribution is -2.38. The van der Waals surface area contributed by atoms with Crippen molar-refractivity contribution in [2.24, 2.45) is 0 Å². The third-order valence-electron chi connectivity index (χ3n) is 4.65. The first-order chi connectivity index (χ1) is 12.0. The first-order valence-corrected chi connectivity index (χ1v) is 9.74. The number of halogens is 1. The summed E-state index contributed by atoms with van der Waals surface area (Å²) in [6.45, 7) is 3.01. The summed E-state index contributed by atoms with van der Waals surface area (Å²) in [5.74, 6) is 1.05. The quantitative estimate of drug-likeness (QED) is 0.829. The zero-order valence-corrected chi connectivity index (χ0v) is 16.0. The number of nitrogens with one attached hydrogen (secondary N) is 2. The monoisotopic (exact) mass is 396 g/mol. The second kappa shape index (κ2) is 7.44. The number of aryl methyl sites for hydroxylation is 1. The van der Waals surface area contributed by atoms with Crippen LogP contribution in [0.5, 0.6) is 11.5 Å². The zero-order chi connectivity index (χ0) is 17.4. The lowest BCUT2D eigenvalue weighted by Gasteiger charge is -2.27. The van der Waals surface area contributed by atoms with E-state index in [9.17, 15) is 8.42 Å². The van der Waals surface area contributed by atoms with Crippen molar-refractivity contribution in [2.45, 2.75) is 24.3 Å².